The Bertz CT molecular complexity index is 1270. The van der Waals surface area contributed by atoms with Gasteiger partial charge < -0.3 is 5.32 Å². The fourth-order valence-corrected chi connectivity index (χ4v) is 5.77. The van der Waals surface area contributed by atoms with Gasteiger partial charge in [0.25, 0.3) is 5.91 Å². The maximum atomic E-state index is 14.1. The number of amides is 2. The normalized spacial score (nSPS) is 20.7. The number of aromatic nitrogens is 2. The summed E-state index contributed by atoms with van der Waals surface area (Å²) in [5, 5.41) is 8.16. The summed E-state index contributed by atoms with van der Waals surface area (Å²) in [5.74, 6) is -0.301. The van der Waals surface area contributed by atoms with Gasteiger partial charge in [-0.1, -0.05) is 81.5 Å². The van der Waals surface area contributed by atoms with Crippen LogP contribution in [0.3, 0.4) is 0 Å². The van der Waals surface area contributed by atoms with E-state index in [9.17, 15) is 9.59 Å². The molecule has 5 rings (SSSR count). The number of hydrogen-bond donors (Lipinski definition) is 1. The second kappa shape index (κ2) is 10.5. The number of rotatable bonds is 5. The molecule has 3 aromatic rings. The number of aryl methyl sites for hydroxylation is 2. The average molecular weight is 499 g/mol. The molecule has 1 aromatic heterocycles. The lowest BCUT2D eigenvalue weighted by Gasteiger charge is -2.44. The lowest BCUT2D eigenvalue weighted by molar-refractivity contribution is -0.127. The SMILES string of the molecule is CCc1ccc(-c2cc3n(n2)C[C@](C)(C(=O)NC2CCCCCCC2)N(c2ccccc2C)C3=O)cc1. The molecule has 6 nitrogen and oxygen atoms in total. The number of nitrogens with one attached hydrogen (secondary N) is 1. The second-order valence-corrected chi connectivity index (χ2v) is 10.8. The zero-order chi connectivity index (χ0) is 26.0. The van der Waals surface area contributed by atoms with Crippen molar-refractivity contribution in [3.05, 3.63) is 71.4 Å². The number of hydrogen-bond acceptors (Lipinski definition) is 3. The first kappa shape index (κ1) is 25.2. The van der Waals surface area contributed by atoms with Crippen LogP contribution in [0.5, 0.6) is 0 Å². The molecule has 0 saturated heterocycles. The first-order valence-corrected chi connectivity index (χ1v) is 13.8. The van der Waals surface area contributed by atoms with Gasteiger partial charge in [-0.2, -0.15) is 5.10 Å². The number of nitrogens with zero attached hydrogens (tertiary/aromatic N) is 3. The van der Waals surface area contributed by atoms with E-state index < -0.39 is 5.54 Å². The van der Waals surface area contributed by atoms with Crippen molar-refractivity contribution < 1.29 is 9.59 Å². The highest BCUT2D eigenvalue weighted by atomic mass is 16.2. The Morgan fingerprint density at radius 3 is 2.38 bits per heavy atom. The van der Waals surface area contributed by atoms with Crippen LogP contribution in [0.25, 0.3) is 11.3 Å². The Morgan fingerprint density at radius 1 is 1.03 bits per heavy atom. The first-order valence-electron chi connectivity index (χ1n) is 13.8. The van der Waals surface area contributed by atoms with E-state index >= 15 is 0 Å². The number of fused-ring (bicyclic) bond motifs is 1. The van der Waals surface area contributed by atoms with Crippen molar-refractivity contribution in [2.45, 2.75) is 90.3 Å². The van der Waals surface area contributed by atoms with Gasteiger partial charge in [-0.3, -0.25) is 19.2 Å². The van der Waals surface area contributed by atoms with Gasteiger partial charge in [-0.25, -0.2) is 0 Å². The molecule has 37 heavy (non-hydrogen) atoms. The van der Waals surface area contributed by atoms with Crippen LogP contribution in [0.1, 0.15) is 80.4 Å². The molecule has 2 amide bonds. The molecule has 0 bridgehead atoms. The summed E-state index contributed by atoms with van der Waals surface area (Å²) in [6, 6.07) is 18.1. The van der Waals surface area contributed by atoms with Gasteiger partial charge in [-0.05, 0) is 56.4 Å². The largest absolute Gasteiger partial charge is 0.351 e. The van der Waals surface area contributed by atoms with Crippen molar-refractivity contribution in [2.75, 3.05) is 4.90 Å². The summed E-state index contributed by atoms with van der Waals surface area (Å²) in [7, 11) is 0. The molecule has 2 aromatic carbocycles. The highest BCUT2D eigenvalue weighted by Crippen LogP contribution is 2.36. The standard InChI is InChI=1S/C31H38N4O2/c1-4-23-16-18-24(19-17-23)26-20-28-29(36)35(27-15-11-10-12-22(27)2)31(3,21-34(28)33-26)30(37)32-25-13-8-6-5-7-9-14-25/h10-12,15-20,25H,4-9,13-14,21H2,1-3H3,(H,32,37)/t31-/m1/s1. The zero-order valence-corrected chi connectivity index (χ0v) is 22.3. The molecule has 1 aliphatic heterocycles. The summed E-state index contributed by atoms with van der Waals surface area (Å²) >= 11 is 0. The van der Waals surface area contributed by atoms with E-state index in [0.717, 1.165) is 54.6 Å². The minimum atomic E-state index is -1.10. The van der Waals surface area contributed by atoms with Crippen molar-refractivity contribution in [1.82, 2.24) is 15.1 Å². The number of carbonyl (C=O) groups is 2. The van der Waals surface area contributed by atoms with Crippen molar-refractivity contribution in [1.29, 1.82) is 0 Å². The molecule has 1 N–H and O–H groups in total. The minimum Gasteiger partial charge on any atom is -0.351 e. The summed E-state index contributed by atoms with van der Waals surface area (Å²) in [6.45, 7) is 6.30. The predicted octanol–water partition coefficient (Wildman–Crippen LogP) is 6.07. The molecule has 2 aliphatic rings. The van der Waals surface area contributed by atoms with Gasteiger partial charge in [0.15, 0.2) is 0 Å². The van der Waals surface area contributed by atoms with Crippen molar-refractivity contribution in [3.8, 4) is 11.3 Å². The quantitative estimate of drug-likeness (QED) is 0.464. The zero-order valence-electron chi connectivity index (χ0n) is 22.3. The molecular formula is C31H38N4O2. The molecule has 1 fully saturated rings. The van der Waals surface area contributed by atoms with Crippen LogP contribution >= 0.6 is 0 Å². The first-order chi connectivity index (χ1) is 17.9. The van der Waals surface area contributed by atoms with E-state index in [1.54, 1.807) is 9.58 Å². The molecule has 1 aliphatic carbocycles. The van der Waals surface area contributed by atoms with Crippen LogP contribution < -0.4 is 10.2 Å². The number of benzene rings is 2. The Hall–Kier alpha value is -3.41. The lowest BCUT2D eigenvalue weighted by atomic mass is 9.91. The summed E-state index contributed by atoms with van der Waals surface area (Å²) < 4.78 is 1.73. The fraction of sp³-hybridized carbons (Fsp3) is 0.452. The average Bonchev–Trinajstić information content (AvgIpc) is 3.30. The highest BCUT2D eigenvalue weighted by molar-refractivity contribution is 6.12. The summed E-state index contributed by atoms with van der Waals surface area (Å²) in [5.41, 5.74) is 4.11. The van der Waals surface area contributed by atoms with E-state index in [4.69, 9.17) is 5.10 Å². The summed E-state index contributed by atoms with van der Waals surface area (Å²) in [4.78, 5) is 29.9. The van der Waals surface area contributed by atoms with E-state index in [1.165, 1.54) is 24.8 Å². The van der Waals surface area contributed by atoms with Gasteiger partial charge in [0, 0.05) is 17.3 Å². The fourth-order valence-electron chi connectivity index (χ4n) is 5.77. The Morgan fingerprint density at radius 2 is 1.70 bits per heavy atom. The predicted molar refractivity (Wildman–Crippen MR) is 148 cm³/mol. The Kier molecular flexibility index (Phi) is 7.18. The van der Waals surface area contributed by atoms with E-state index in [1.807, 2.05) is 44.2 Å². The maximum Gasteiger partial charge on any atom is 0.277 e. The van der Waals surface area contributed by atoms with E-state index in [2.05, 4.69) is 36.5 Å². The van der Waals surface area contributed by atoms with Crippen molar-refractivity contribution in [2.24, 2.45) is 0 Å². The van der Waals surface area contributed by atoms with Crippen LogP contribution in [0.2, 0.25) is 0 Å². The third kappa shape index (κ3) is 4.94. The topological polar surface area (TPSA) is 67.2 Å². The van der Waals surface area contributed by atoms with Crippen molar-refractivity contribution in [3.63, 3.8) is 0 Å². The van der Waals surface area contributed by atoms with Crippen LogP contribution in [0.4, 0.5) is 5.69 Å². The second-order valence-electron chi connectivity index (χ2n) is 10.8. The van der Waals surface area contributed by atoms with Crippen LogP contribution in [-0.2, 0) is 17.8 Å². The molecule has 2 heterocycles. The van der Waals surface area contributed by atoms with E-state index in [0.29, 0.717) is 12.2 Å². The van der Waals surface area contributed by atoms with Crippen LogP contribution in [-0.4, -0.2) is 33.2 Å². The maximum absolute atomic E-state index is 14.1. The van der Waals surface area contributed by atoms with Crippen molar-refractivity contribution >= 4 is 17.5 Å². The molecule has 0 unspecified atom stereocenters. The highest BCUT2D eigenvalue weighted by Gasteiger charge is 2.49. The van der Waals surface area contributed by atoms with E-state index in [-0.39, 0.29) is 17.9 Å². The third-order valence-corrected chi connectivity index (χ3v) is 8.10. The third-order valence-electron chi connectivity index (χ3n) is 8.10. The van der Waals surface area contributed by atoms with Gasteiger partial charge in [0.1, 0.15) is 11.2 Å². The molecule has 0 radical (unpaired) electrons. The van der Waals surface area contributed by atoms with Gasteiger partial charge in [-0.15, -0.1) is 0 Å². The smallest absolute Gasteiger partial charge is 0.277 e. The van der Waals surface area contributed by atoms with Gasteiger partial charge in [0.05, 0.1) is 12.2 Å². The van der Waals surface area contributed by atoms with Gasteiger partial charge in [0.2, 0.25) is 5.91 Å². The van der Waals surface area contributed by atoms with Crippen LogP contribution in [0, 0.1) is 6.92 Å². The number of anilines is 1. The monoisotopic (exact) mass is 498 g/mol. The molecule has 6 heteroatoms. The molecule has 1 saturated carbocycles. The Balaban J connectivity index is 1.52. The van der Waals surface area contributed by atoms with Gasteiger partial charge >= 0.3 is 0 Å². The summed E-state index contributed by atoms with van der Waals surface area (Å²) in [6.07, 6.45) is 8.93. The minimum absolute atomic E-state index is 0.107. The number of carbonyl (C=O) groups excluding carboxylic acids is 2. The number of para-hydroxylation sites is 1. The molecule has 0 spiro atoms. The molecule has 1 atom stereocenters. The molecule has 194 valence electrons. The lowest BCUT2D eigenvalue weighted by Crippen LogP contribution is -2.65. The Labute approximate surface area is 220 Å². The van der Waals surface area contributed by atoms with Crippen LogP contribution in [0.15, 0.2) is 54.6 Å². The molecular weight excluding hydrogens is 460 g/mol.